The maximum absolute atomic E-state index is 12.7. The van der Waals surface area contributed by atoms with Crippen molar-refractivity contribution in [3.8, 4) is 5.75 Å². The van der Waals surface area contributed by atoms with E-state index in [0.29, 0.717) is 0 Å². The molecule has 0 saturated carbocycles. The van der Waals surface area contributed by atoms with Gasteiger partial charge in [0.25, 0.3) is 0 Å². The topological polar surface area (TPSA) is 77.1 Å². The van der Waals surface area contributed by atoms with Crippen LogP contribution in [0.5, 0.6) is 5.75 Å². The fraction of sp³-hybridized carbons (Fsp3) is 0.462. The van der Waals surface area contributed by atoms with Crippen LogP contribution in [-0.4, -0.2) is 30.4 Å². The van der Waals surface area contributed by atoms with Gasteiger partial charge in [-0.15, -0.1) is 0 Å². The molecule has 21 heavy (non-hydrogen) atoms. The van der Waals surface area contributed by atoms with Crippen molar-refractivity contribution in [1.82, 2.24) is 0 Å². The molecule has 8 heteroatoms. The van der Waals surface area contributed by atoms with Gasteiger partial charge in [0.1, 0.15) is 12.4 Å². The quantitative estimate of drug-likeness (QED) is 0.278. The van der Waals surface area contributed by atoms with Crippen molar-refractivity contribution in [3.05, 3.63) is 29.3 Å². The standard InChI is InChI=1S/C13H17F3N2O3/c1-8(2)20-5-6-21-11-4-3-9(13(14,15)16)7-10(11)12(17)18-19/h3-4,7-8,19H,5-6H2,1-2H3,(H2,17,18). The summed E-state index contributed by atoms with van der Waals surface area (Å²) in [6.07, 6.45) is -4.51. The first-order chi connectivity index (χ1) is 9.75. The van der Waals surface area contributed by atoms with E-state index in [9.17, 15) is 13.2 Å². The molecule has 0 fully saturated rings. The van der Waals surface area contributed by atoms with E-state index in [1.54, 1.807) is 0 Å². The van der Waals surface area contributed by atoms with Crippen LogP contribution in [0, 0.1) is 0 Å². The highest BCUT2D eigenvalue weighted by Crippen LogP contribution is 2.32. The molecule has 0 saturated heterocycles. The Morgan fingerprint density at radius 2 is 2.00 bits per heavy atom. The predicted molar refractivity (Wildman–Crippen MR) is 70.5 cm³/mol. The number of hydrogen-bond acceptors (Lipinski definition) is 4. The Kier molecular flexibility index (Phi) is 5.83. The van der Waals surface area contributed by atoms with Crippen LogP contribution in [0.1, 0.15) is 25.0 Å². The average molecular weight is 306 g/mol. The van der Waals surface area contributed by atoms with Crippen LogP contribution in [0.4, 0.5) is 13.2 Å². The zero-order chi connectivity index (χ0) is 16.0. The Labute approximate surface area is 120 Å². The van der Waals surface area contributed by atoms with E-state index in [0.717, 1.165) is 18.2 Å². The van der Waals surface area contributed by atoms with Gasteiger partial charge in [0, 0.05) is 0 Å². The molecule has 0 bridgehead atoms. The molecule has 0 aromatic heterocycles. The number of hydrogen-bond donors (Lipinski definition) is 2. The molecule has 1 aromatic rings. The highest BCUT2D eigenvalue weighted by molar-refractivity contribution is 5.99. The van der Waals surface area contributed by atoms with Crippen LogP contribution in [0.3, 0.4) is 0 Å². The Hall–Kier alpha value is -1.96. The summed E-state index contributed by atoms with van der Waals surface area (Å²) in [6.45, 7) is 4.10. The third-order valence-corrected chi connectivity index (χ3v) is 2.48. The molecule has 1 aromatic carbocycles. The van der Waals surface area contributed by atoms with Crippen LogP contribution in [0.25, 0.3) is 0 Å². The van der Waals surface area contributed by atoms with Gasteiger partial charge < -0.3 is 20.4 Å². The normalized spacial score (nSPS) is 12.8. The number of alkyl halides is 3. The molecule has 0 amide bonds. The summed E-state index contributed by atoms with van der Waals surface area (Å²) in [5, 5.41) is 11.4. The van der Waals surface area contributed by atoms with Crippen LogP contribution < -0.4 is 10.5 Å². The minimum Gasteiger partial charge on any atom is -0.490 e. The molecule has 3 N–H and O–H groups in total. The second-order valence-electron chi connectivity index (χ2n) is 4.46. The molecule has 1 rings (SSSR count). The summed E-state index contributed by atoms with van der Waals surface area (Å²) in [4.78, 5) is 0. The molecular weight excluding hydrogens is 289 g/mol. The summed E-state index contributed by atoms with van der Waals surface area (Å²) >= 11 is 0. The summed E-state index contributed by atoms with van der Waals surface area (Å²) in [5.74, 6) is -0.369. The third-order valence-electron chi connectivity index (χ3n) is 2.48. The monoisotopic (exact) mass is 306 g/mol. The Morgan fingerprint density at radius 3 is 2.52 bits per heavy atom. The van der Waals surface area contributed by atoms with Crippen molar-refractivity contribution in [2.24, 2.45) is 10.9 Å². The Balaban J connectivity index is 2.93. The maximum Gasteiger partial charge on any atom is 0.416 e. The lowest BCUT2D eigenvalue weighted by Crippen LogP contribution is -2.18. The van der Waals surface area contributed by atoms with Crippen molar-refractivity contribution < 1.29 is 27.9 Å². The minimum absolute atomic E-state index is 0.0183. The van der Waals surface area contributed by atoms with Gasteiger partial charge in [0.2, 0.25) is 0 Å². The number of benzene rings is 1. The zero-order valence-electron chi connectivity index (χ0n) is 11.6. The summed E-state index contributed by atoms with van der Waals surface area (Å²) in [5.41, 5.74) is 4.35. The van der Waals surface area contributed by atoms with Gasteiger partial charge in [-0.3, -0.25) is 0 Å². The second-order valence-corrected chi connectivity index (χ2v) is 4.46. The molecule has 0 atom stereocenters. The smallest absolute Gasteiger partial charge is 0.416 e. The first-order valence-corrected chi connectivity index (χ1v) is 6.19. The summed E-state index contributed by atoms with van der Waals surface area (Å²) < 4.78 is 48.5. The molecular formula is C13H17F3N2O3. The largest absolute Gasteiger partial charge is 0.490 e. The highest BCUT2D eigenvalue weighted by atomic mass is 19.4. The lowest BCUT2D eigenvalue weighted by molar-refractivity contribution is -0.137. The van der Waals surface area contributed by atoms with Crippen molar-refractivity contribution in [1.29, 1.82) is 0 Å². The maximum atomic E-state index is 12.7. The number of halogens is 3. The SMILES string of the molecule is CC(C)OCCOc1ccc(C(F)(F)F)cc1/C(N)=N/O. The van der Waals surface area contributed by atoms with Gasteiger partial charge in [-0.1, -0.05) is 5.16 Å². The number of nitrogens with two attached hydrogens (primary N) is 1. The molecule has 0 aliphatic carbocycles. The van der Waals surface area contributed by atoms with Crippen molar-refractivity contribution in [2.75, 3.05) is 13.2 Å². The van der Waals surface area contributed by atoms with Gasteiger partial charge in [-0.2, -0.15) is 13.2 Å². The molecule has 0 radical (unpaired) electrons. The molecule has 0 aliphatic rings. The average Bonchev–Trinajstić information content (AvgIpc) is 2.41. The fourth-order valence-electron chi connectivity index (χ4n) is 1.52. The van der Waals surface area contributed by atoms with Crippen LogP contribution in [0.15, 0.2) is 23.4 Å². The second kappa shape index (κ2) is 7.16. The molecule has 0 aliphatic heterocycles. The molecule has 118 valence electrons. The fourth-order valence-corrected chi connectivity index (χ4v) is 1.52. The zero-order valence-corrected chi connectivity index (χ0v) is 11.6. The van der Waals surface area contributed by atoms with E-state index in [1.807, 2.05) is 13.8 Å². The van der Waals surface area contributed by atoms with Crippen molar-refractivity contribution in [3.63, 3.8) is 0 Å². The van der Waals surface area contributed by atoms with E-state index >= 15 is 0 Å². The molecule has 0 spiro atoms. The van der Waals surface area contributed by atoms with Crippen molar-refractivity contribution >= 4 is 5.84 Å². The lowest BCUT2D eigenvalue weighted by Gasteiger charge is -2.14. The molecule has 0 unspecified atom stereocenters. The molecule has 5 nitrogen and oxygen atoms in total. The summed E-state index contributed by atoms with van der Waals surface area (Å²) in [7, 11) is 0. The minimum atomic E-state index is -4.52. The van der Waals surface area contributed by atoms with Gasteiger partial charge in [0.05, 0.1) is 23.8 Å². The van der Waals surface area contributed by atoms with Gasteiger partial charge >= 0.3 is 6.18 Å². The third kappa shape index (κ3) is 5.14. The highest BCUT2D eigenvalue weighted by Gasteiger charge is 2.31. The van der Waals surface area contributed by atoms with E-state index in [4.69, 9.17) is 20.4 Å². The Morgan fingerprint density at radius 1 is 1.33 bits per heavy atom. The van der Waals surface area contributed by atoms with Crippen LogP contribution >= 0.6 is 0 Å². The van der Waals surface area contributed by atoms with E-state index in [1.165, 1.54) is 0 Å². The summed E-state index contributed by atoms with van der Waals surface area (Å²) in [6, 6.07) is 2.77. The number of oxime groups is 1. The first-order valence-electron chi connectivity index (χ1n) is 6.19. The number of nitrogens with zero attached hydrogens (tertiary/aromatic N) is 1. The van der Waals surface area contributed by atoms with Gasteiger partial charge in [-0.25, -0.2) is 0 Å². The first kappa shape index (κ1) is 17.1. The lowest BCUT2D eigenvalue weighted by atomic mass is 10.1. The number of amidine groups is 1. The van der Waals surface area contributed by atoms with Crippen LogP contribution in [-0.2, 0) is 10.9 Å². The number of ether oxygens (including phenoxy) is 2. The van der Waals surface area contributed by atoms with Gasteiger partial charge in [-0.05, 0) is 32.0 Å². The number of rotatable bonds is 6. The van der Waals surface area contributed by atoms with Crippen LogP contribution in [0.2, 0.25) is 0 Å². The van der Waals surface area contributed by atoms with E-state index in [-0.39, 0.29) is 30.6 Å². The van der Waals surface area contributed by atoms with Crippen molar-refractivity contribution in [2.45, 2.75) is 26.1 Å². The van der Waals surface area contributed by atoms with E-state index < -0.39 is 17.6 Å². The van der Waals surface area contributed by atoms with E-state index in [2.05, 4.69) is 5.16 Å². The molecule has 0 heterocycles. The predicted octanol–water partition coefficient (Wildman–Crippen LogP) is 2.60. The van der Waals surface area contributed by atoms with Gasteiger partial charge in [0.15, 0.2) is 5.84 Å². The Bertz CT molecular complexity index is 502.